The van der Waals surface area contributed by atoms with Crippen LogP contribution in [0.25, 0.3) is 0 Å². The number of aromatic nitrogens is 2. The third kappa shape index (κ3) is 4.12. The average Bonchev–Trinajstić information content (AvgIpc) is 3.23. The first-order chi connectivity index (χ1) is 11.7. The smallest absolute Gasteiger partial charge is 0.227 e. The summed E-state index contributed by atoms with van der Waals surface area (Å²) in [4.78, 5) is 19.4. The Labute approximate surface area is 142 Å². The molecule has 24 heavy (non-hydrogen) atoms. The van der Waals surface area contributed by atoms with Gasteiger partial charge in [-0.1, -0.05) is 10.3 Å². The molecule has 3 heterocycles. The molecule has 0 N–H and O–H groups in total. The molecule has 2 aliphatic rings. The van der Waals surface area contributed by atoms with Gasteiger partial charge in [0.2, 0.25) is 5.91 Å². The number of hydrogen-bond donors (Lipinski definition) is 0. The second kappa shape index (κ2) is 8.04. The average molecular weight is 337 g/mol. The Hall–Kier alpha value is -1.51. The molecule has 8 nitrogen and oxygen atoms in total. The summed E-state index contributed by atoms with van der Waals surface area (Å²) in [5.41, 5.74) is 1.73. The molecular formula is C16H27N5O3. The van der Waals surface area contributed by atoms with Gasteiger partial charge in [0.1, 0.15) is 11.4 Å². The van der Waals surface area contributed by atoms with E-state index in [0.29, 0.717) is 5.91 Å². The molecule has 0 radical (unpaired) electrons. The van der Waals surface area contributed by atoms with Crippen LogP contribution >= 0.6 is 0 Å². The molecule has 1 amide bonds. The number of hydrogen-bond acceptors (Lipinski definition) is 7. The molecule has 2 saturated heterocycles. The van der Waals surface area contributed by atoms with Crippen molar-refractivity contribution in [3.8, 4) is 0 Å². The number of piperazine rings is 1. The van der Waals surface area contributed by atoms with Gasteiger partial charge in [0.15, 0.2) is 0 Å². The van der Waals surface area contributed by atoms with Crippen molar-refractivity contribution in [2.75, 3.05) is 59.5 Å². The Morgan fingerprint density at radius 1 is 1.21 bits per heavy atom. The van der Waals surface area contributed by atoms with Gasteiger partial charge in [-0.05, 0) is 19.9 Å². The predicted molar refractivity (Wildman–Crippen MR) is 87.3 cm³/mol. The normalized spacial score (nSPS) is 23.1. The van der Waals surface area contributed by atoms with Crippen molar-refractivity contribution in [1.29, 1.82) is 0 Å². The highest BCUT2D eigenvalue weighted by Crippen LogP contribution is 2.20. The first-order valence-electron chi connectivity index (χ1n) is 8.68. The van der Waals surface area contributed by atoms with Crippen molar-refractivity contribution in [2.45, 2.75) is 19.9 Å². The zero-order chi connectivity index (χ0) is 16.9. The topological polar surface area (TPSA) is 74.9 Å². The molecule has 1 aromatic rings. The first-order valence-corrected chi connectivity index (χ1v) is 8.68. The minimum Gasteiger partial charge on any atom is -0.383 e. The highest BCUT2D eigenvalue weighted by molar-refractivity contribution is 5.79. The molecular weight excluding hydrogens is 310 g/mol. The molecule has 0 saturated carbocycles. The molecule has 0 spiro atoms. The summed E-state index contributed by atoms with van der Waals surface area (Å²) >= 11 is 0. The molecule has 0 aliphatic carbocycles. The van der Waals surface area contributed by atoms with Crippen molar-refractivity contribution in [3.05, 3.63) is 11.4 Å². The van der Waals surface area contributed by atoms with Gasteiger partial charge in [0.05, 0.1) is 12.5 Å². The molecule has 134 valence electrons. The minimum atomic E-state index is 0.149. The highest BCUT2D eigenvalue weighted by atomic mass is 16.6. The van der Waals surface area contributed by atoms with Gasteiger partial charge in [-0.15, -0.1) is 0 Å². The lowest BCUT2D eigenvalue weighted by atomic mass is 10.1. The Kier molecular flexibility index (Phi) is 5.80. The second-order valence-electron chi connectivity index (χ2n) is 6.68. The van der Waals surface area contributed by atoms with E-state index >= 15 is 0 Å². The van der Waals surface area contributed by atoms with Crippen molar-refractivity contribution in [1.82, 2.24) is 25.0 Å². The number of aryl methyl sites for hydroxylation is 1. The third-order valence-corrected chi connectivity index (χ3v) is 5.04. The number of carbonyl (C=O) groups excluding carboxylic acids is 1. The highest BCUT2D eigenvalue weighted by Gasteiger charge is 2.32. The fourth-order valence-corrected chi connectivity index (χ4v) is 3.45. The lowest BCUT2D eigenvalue weighted by Crippen LogP contribution is -2.50. The van der Waals surface area contributed by atoms with E-state index < -0.39 is 0 Å². The Balaban J connectivity index is 1.43. The van der Waals surface area contributed by atoms with Gasteiger partial charge < -0.3 is 14.5 Å². The number of carbonyl (C=O) groups is 1. The maximum atomic E-state index is 12.7. The number of amides is 1. The lowest BCUT2D eigenvalue weighted by Gasteiger charge is -2.35. The van der Waals surface area contributed by atoms with Crippen LogP contribution in [0.3, 0.4) is 0 Å². The second-order valence-corrected chi connectivity index (χ2v) is 6.68. The number of methoxy groups -OCH3 is 1. The quantitative estimate of drug-likeness (QED) is 0.723. The van der Waals surface area contributed by atoms with E-state index in [2.05, 4.69) is 20.1 Å². The standard InChI is InChI=1S/C16H27N5O3/c1-13-15(18-24-17-13)12-20-5-7-21(8-6-20)16(22)14-3-4-19(11-14)9-10-23-2/h14H,3-12H2,1-2H3/t14-/m0/s1. The summed E-state index contributed by atoms with van der Waals surface area (Å²) in [5, 5.41) is 7.75. The Morgan fingerprint density at radius 2 is 2.00 bits per heavy atom. The van der Waals surface area contributed by atoms with Crippen LogP contribution in [0.4, 0.5) is 0 Å². The van der Waals surface area contributed by atoms with Gasteiger partial charge in [0, 0.05) is 52.9 Å². The van der Waals surface area contributed by atoms with Crippen LogP contribution in [0, 0.1) is 12.8 Å². The fourth-order valence-electron chi connectivity index (χ4n) is 3.45. The van der Waals surface area contributed by atoms with Crippen LogP contribution in [0.2, 0.25) is 0 Å². The molecule has 0 bridgehead atoms. The summed E-state index contributed by atoms with van der Waals surface area (Å²) < 4.78 is 9.87. The van der Waals surface area contributed by atoms with E-state index in [1.807, 2.05) is 11.8 Å². The molecule has 0 aromatic carbocycles. The third-order valence-electron chi connectivity index (χ3n) is 5.04. The van der Waals surface area contributed by atoms with E-state index in [4.69, 9.17) is 9.37 Å². The molecule has 3 rings (SSSR count). The summed E-state index contributed by atoms with van der Waals surface area (Å²) in [7, 11) is 1.72. The lowest BCUT2D eigenvalue weighted by molar-refractivity contribution is -0.137. The van der Waals surface area contributed by atoms with Crippen molar-refractivity contribution in [3.63, 3.8) is 0 Å². The predicted octanol–water partition coefficient (Wildman–Crippen LogP) is -0.00948. The van der Waals surface area contributed by atoms with E-state index in [0.717, 1.165) is 76.8 Å². The van der Waals surface area contributed by atoms with Crippen LogP contribution in [0.5, 0.6) is 0 Å². The fraction of sp³-hybridized carbons (Fsp3) is 0.812. The zero-order valence-corrected chi connectivity index (χ0v) is 14.6. The molecule has 0 unspecified atom stereocenters. The number of rotatable bonds is 6. The van der Waals surface area contributed by atoms with Crippen LogP contribution < -0.4 is 0 Å². The summed E-state index contributed by atoms with van der Waals surface area (Å²) in [5.74, 6) is 0.462. The largest absolute Gasteiger partial charge is 0.383 e. The van der Waals surface area contributed by atoms with Gasteiger partial charge in [-0.3, -0.25) is 9.69 Å². The monoisotopic (exact) mass is 337 g/mol. The van der Waals surface area contributed by atoms with Crippen molar-refractivity contribution in [2.24, 2.45) is 5.92 Å². The Bertz CT molecular complexity index is 542. The van der Waals surface area contributed by atoms with Crippen LogP contribution in [0.1, 0.15) is 17.8 Å². The molecule has 2 aliphatic heterocycles. The maximum absolute atomic E-state index is 12.7. The summed E-state index contributed by atoms with van der Waals surface area (Å²) in [6.45, 7) is 9.48. The molecule has 1 atom stereocenters. The van der Waals surface area contributed by atoms with E-state index in [-0.39, 0.29) is 5.92 Å². The van der Waals surface area contributed by atoms with Crippen molar-refractivity contribution < 1.29 is 14.2 Å². The van der Waals surface area contributed by atoms with Crippen LogP contribution in [0.15, 0.2) is 4.63 Å². The maximum Gasteiger partial charge on any atom is 0.227 e. The van der Waals surface area contributed by atoms with Gasteiger partial charge >= 0.3 is 0 Å². The number of ether oxygens (including phenoxy) is 1. The number of nitrogens with zero attached hydrogens (tertiary/aromatic N) is 5. The van der Waals surface area contributed by atoms with E-state index in [1.54, 1.807) is 7.11 Å². The zero-order valence-electron chi connectivity index (χ0n) is 14.6. The van der Waals surface area contributed by atoms with E-state index in [9.17, 15) is 4.79 Å². The SMILES string of the molecule is COCCN1CC[C@H](C(=O)N2CCN(Cc3nonc3C)CC2)C1. The first kappa shape index (κ1) is 17.3. The summed E-state index contributed by atoms with van der Waals surface area (Å²) in [6, 6.07) is 0. The van der Waals surface area contributed by atoms with E-state index in [1.165, 1.54) is 0 Å². The van der Waals surface area contributed by atoms with Gasteiger partial charge in [-0.2, -0.15) is 0 Å². The van der Waals surface area contributed by atoms with Gasteiger partial charge in [0.25, 0.3) is 0 Å². The molecule has 8 heteroatoms. The van der Waals surface area contributed by atoms with Crippen molar-refractivity contribution >= 4 is 5.91 Å². The molecule has 2 fully saturated rings. The Morgan fingerprint density at radius 3 is 2.67 bits per heavy atom. The van der Waals surface area contributed by atoms with Crippen LogP contribution in [-0.4, -0.2) is 90.5 Å². The minimum absolute atomic E-state index is 0.149. The molecule has 1 aromatic heterocycles. The van der Waals surface area contributed by atoms with Crippen LogP contribution in [-0.2, 0) is 16.1 Å². The number of likely N-dealkylation sites (tertiary alicyclic amines) is 1. The van der Waals surface area contributed by atoms with Gasteiger partial charge in [-0.25, -0.2) is 4.63 Å². The summed E-state index contributed by atoms with van der Waals surface area (Å²) in [6.07, 6.45) is 0.965.